The molecule has 1 rings (SSSR count). The number of hydrogen-bond donors (Lipinski definition) is 0. The van der Waals surface area contributed by atoms with Crippen molar-refractivity contribution >= 4 is 11.9 Å². The largest absolute Gasteiger partial charge is 0.463 e. The molecular formula is C13H20N6O6. The third-order valence-electron chi connectivity index (χ3n) is 3.17. The van der Waals surface area contributed by atoms with E-state index in [9.17, 15) is 9.59 Å². The van der Waals surface area contributed by atoms with E-state index >= 15 is 0 Å². The predicted octanol–water partition coefficient (Wildman–Crippen LogP) is 1.99. The van der Waals surface area contributed by atoms with Crippen molar-refractivity contribution in [2.24, 2.45) is 10.2 Å². The Kier molecular flexibility index (Phi) is 7.96. The number of rotatable bonds is 7. The zero-order valence-corrected chi connectivity index (χ0v) is 14.3. The minimum atomic E-state index is -1.12. The van der Waals surface area contributed by atoms with E-state index in [1.807, 2.05) is 0 Å². The Morgan fingerprint density at radius 1 is 1.12 bits per heavy atom. The quantitative estimate of drug-likeness (QED) is 0.292. The summed E-state index contributed by atoms with van der Waals surface area (Å²) in [6.07, 6.45) is -3.45. The summed E-state index contributed by atoms with van der Waals surface area (Å²) in [6.45, 7) is 5.58. The Morgan fingerprint density at radius 2 is 1.72 bits per heavy atom. The van der Waals surface area contributed by atoms with E-state index in [1.165, 1.54) is 6.92 Å². The maximum absolute atomic E-state index is 11.4. The van der Waals surface area contributed by atoms with Crippen molar-refractivity contribution in [3.63, 3.8) is 0 Å². The molecular weight excluding hydrogens is 336 g/mol. The Bertz CT molecular complexity index is 586. The molecule has 1 fully saturated rings. The average molecular weight is 356 g/mol. The molecule has 0 aromatic heterocycles. The number of carbonyl (C=O) groups excluding carboxylic acids is 2. The monoisotopic (exact) mass is 356 g/mol. The highest BCUT2D eigenvalue weighted by Crippen LogP contribution is 2.30. The van der Waals surface area contributed by atoms with Gasteiger partial charge in [-0.25, -0.2) is 0 Å². The van der Waals surface area contributed by atoms with E-state index < -0.39 is 42.5 Å². The second-order valence-corrected chi connectivity index (χ2v) is 5.50. The topological polar surface area (TPSA) is 169 Å². The molecule has 0 saturated carbocycles. The summed E-state index contributed by atoms with van der Waals surface area (Å²) in [5, 5.41) is 7.16. The van der Waals surface area contributed by atoms with Gasteiger partial charge in [-0.2, -0.15) is 0 Å². The van der Waals surface area contributed by atoms with Crippen molar-refractivity contribution in [2.75, 3.05) is 6.61 Å². The van der Waals surface area contributed by atoms with Crippen LogP contribution in [0.4, 0.5) is 0 Å². The van der Waals surface area contributed by atoms with Gasteiger partial charge in [0.2, 0.25) is 0 Å². The second kappa shape index (κ2) is 9.70. The van der Waals surface area contributed by atoms with Crippen LogP contribution in [-0.4, -0.2) is 55.2 Å². The first-order valence-corrected chi connectivity index (χ1v) is 7.50. The van der Waals surface area contributed by atoms with Gasteiger partial charge in [0, 0.05) is 23.7 Å². The molecule has 25 heavy (non-hydrogen) atoms. The molecule has 12 nitrogen and oxygen atoms in total. The number of ether oxygens (including phenoxy) is 4. The molecule has 0 spiro atoms. The first-order chi connectivity index (χ1) is 11.8. The van der Waals surface area contributed by atoms with Crippen molar-refractivity contribution < 1.29 is 28.5 Å². The van der Waals surface area contributed by atoms with Gasteiger partial charge < -0.3 is 18.9 Å². The number of nitrogens with zero attached hydrogens (tertiary/aromatic N) is 6. The molecule has 1 heterocycles. The Balaban J connectivity index is 3.24. The van der Waals surface area contributed by atoms with Gasteiger partial charge in [0.05, 0.1) is 12.1 Å². The number of hydrogen-bond acceptors (Lipinski definition) is 8. The van der Waals surface area contributed by atoms with Crippen LogP contribution in [0, 0.1) is 0 Å². The van der Waals surface area contributed by atoms with Crippen LogP contribution in [0.2, 0.25) is 0 Å². The SMILES string of the molecule is CC(=O)OC[C@H]1O[C@@H](OC(C)C)[C@@H](N=[N+]=[N-])[C@@H](N=[N+]=[N-])[C@@H]1OC(C)=O. The molecule has 5 atom stereocenters. The molecule has 0 N–H and O–H groups in total. The smallest absolute Gasteiger partial charge is 0.303 e. The first-order valence-electron chi connectivity index (χ1n) is 7.50. The van der Waals surface area contributed by atoms with E-state index in [4.69, 9.17) is 30.0 Å². The van der Waals surface area contributed by atoms with Gasteiger partial charge in [-0.1, -0.05) is 10.2 Å². The first kappa shape index (κ1) is 20.5. The predicted molar refractivity (Wildman–Crippen MR) is 82.9 cm³/mol. The van der Waals surface area contributed by atoms with Crippen molar-refractivity contribution in [1.29, 1.82) is 0 Å². The van der Waals surface area contributed by atoms with E-state index in [0.29, 0.717) is 0 Å². The van der Waals surface area contributed by atoms with Crippen LogP contribution in [0.15, 0.2) is 10.2 Å². The average Bonchev–Trinajstić information content (AvgIpc) is 2.50. The molecule has 1 saturated heterocycles. The molecule has 12 heteroatoms. The molecule has 0 amide bonds. The fourth-order valence-electron chi connectivity index (χ4n) is 2.33. The highest BCUT2D eigenvalue weighted by Gasteiger charge is 2.48. The second-order valence-electron chi connectivity index (χ2n) is 5.50. The molecule has 0 unspecified atom stereocenters. The Hall–Kier alpha value is -2.52. The molecule has 0 aliphatic carbocycles. The van der Waals surface area contributed by atoms with E-state index in [1.54, 1.807) is 13.8 Å². The summed E-state index contributed by atoms with van der Waals surface area (Å²) in [7, 11) is 0. The molecule has 0 radical (unpaired) electrons. The normalized spacial score (nSPS) is 28.4. The van der Waals surface area contributed by atoms with Crippen LogP contribution in [0.5, 0.6) is 0 Å². The standard InChI is InChI=1S/C13H20N6O6/c1-6(2)23-13-11(17-19-15)10(16-18-14)12(24-8(4)21)9(25-13)5-22-7(3)20/h6,9-13H,5H2,1-4H3/t9-,10-,11+,12-,13-/m1/s1. The van der Waals surface area contributed by atoms with Crippen LogP contribution < -0.4 is 0 Å². The maximum Gasteiger partial charge on any atom is 0.303 e. The van der Waals surface area contributed by atoms with Crippen molar-refractivity contribution in [3.05, 3.63) is 20.9 Å². The lowest BCUT2D eigenvalue weighted by Crippen LogP contribution is -2.59. The summed E-state index contributed by atoms with van der Waals surface area (Å²) in [5.74, 6) is -1.23. The number of azide groups is 2. The highest BCUT2D eigenvalue weighted by atomic mass is 16.7. The summed E-state index contributed by atoms with van der Waals surface area (Å²) in [5.41, 5.74) is 17.6. The fourth-order valence-corrected chi connectivity index (χ4v) is 2.33. The van der Waals surface area contributed by atoms with E-state index in [-0.39, 0.29) is 12.7 Å². The van der Waals surface area contributed by atoms with Crippen LogP contribution in [-0.2, 0) is 28.5 Å². The van der Waals surface area contributed by atoms with Crippen molar-refractivity contribution in [2.45, 2.75) is 64.4 Å². The van der Waals surface area contributed by atoms with Crippen molar-refractivity contribution in [1.82, 2.24) is 0 Å². The lowest BCUT2D eigenvalue weighted by Gasteiger charge is -2.42. The molecule has 0 aromatic rings. The Labute approximate surface area is 143 Å². The van der Waals surface area contributed by atoms with Crippen LogP contribution in [0.1, 0.15) is 27.7 Å². The third kappa shape index (κ3) is 6.12. The molecule has 138 valence electrons. The molecule has 1 aliphatic rings. The lowest BCUT2D eigenvalue weighted by atomic mass is 9.95. The van der Waals surface area contributed by atoms with Crippen LogP contribution >= 0.6 is 0 Å². The molecule has 1 aliphatic heterocycles. The minimum Gasteiger partial charge on any atom is -0.463 e. The Morgan fingerprint density at radius 3 is 2.20 bits per heavy atom. The number of esters is 2. The fraction of sp³-hybridized carbons (Fsp3) is 0.846. The van der Waals surface area contributed by atoms with Crippen molar-refractivity contribution in [3.8, 4) is 0 Å². The zero-order valence-electron chi connectivity index (χ0n) is 14.3. The molecule has 0 aromatic carbocycles. The van der Waals surface area contributed by atoms with Gasteiger partial charge in [0.25, 0.3) is 0 Å². The van der Waals surface area contributed by atoms with Gasteiger partial charge in [-0.3, -0.25) is 9.59 Å². The minimum absolute atomic E-state index is 0.258. The van der Waals surface area contributed by atoms with Gasteiger partial charge in [-0.15, -0.1) is 0 Å². The third-order valence-corrected chi connectivity index (χ3v) is 3.17. The summed E-state index contributed by atoms with van der Waals surface area (Å²) in [6, 6.07) is -2.16. The van der Waals surface area contributed by atoms with Gasteiger partial charge in [0.15, 0.2) is 6.29 Å². The van der Waals surface area contributed by atoms with Crippen LogP contribution in [0.3, 0.4) is 0 Å². The van der Waals surface area contributed by atoms with Crippen LogP contribution in [0.25, 0.3) is 20.9 Å². The van der Waals surface area contributed by atoms with Gasteiger partial charge >= 0.3 is 11.9 Å². The summed E-state index contributed by atoms with van der Waals surface area (Å²) in [4.78, 5) is 27.9. The van der Waals surface area contributed by atoms with E-state index in [2.05, 4.69) is 20.1 Å². The summed E-state index contributed by atoms with van der Waals surface area (Å²) >= 11 is 0. The number of carbonyl (C=O) groups is 2. The highest BCUT2D eigenvalue weighted by molar-refractivity contribution is 5.66. The zero-order chi connectivity index (χ0) is 19.0. The summed E-state index contributed by atoms with van der Waals surface area (Å²) < 4.78 is 21.3. The van der Waals surface area contributed by atoms with Gasteiger partial charge in [0.1, 0.15) is 24.9 Å². The van der Waals surface area contributed by atoms with Gasteiger partial charge in [-0.05, 0) is 24.9 Å². The lowest BCUT2D eigenvalue weighted by molar-refractivity contribution is -0.258. The van der Waals surface area contributed by atoms with E-state index in [0.717, 1.165) is 6.92 Å². The maximum atomic E-state index is 11.4. The molecule has 0 bridgehead atoms.